The van der Waals surface area contributed by atoms with Crippen molar-refractivity contribution >= 4 is 12.0 Å². The number of hydrogen-bond donors (Lipinski definition) is 2. The van der Waals surface area contributed by atoms with E-state index >= 15 is 0 Å². The fourth-order valence-electron chi connectivity index (χ4n) is 2.68. The van der Waals surface area contributed by atoms with Crippen LogP contribution < -0.4 is 5.32 Å². The third kappa shape index (κ3) is 4.39. The van der Waals surface area contributed by atoms with Crippen molar-refractivity contribution in [3.05, 3.63) is 0 Å². The molecule has 0 saturated carbocycles. The normalized spacial score (nSPS) is 19.8. The van der Waals surface area contributed by atoms with Gasteiger partial charge in [0.1, 0.15) is 6.04 Å². The van der Waals surface area contributed by atoms with Gasteiger partial charge in [0.2, 0.25) is 0 Å². The summed E-state index contributed by atoms with van der Waals surface area (Å²) in [4.78, 5) is 25.1. The average molecular weight is 284 g/mol. The largest absolute Gasteiger partial charge is 0.480 e. The fraction of sp³-hybridized carbons (Fsp3) is 0.867. The first-order valence-corrected chi connectivity index (χ1v) is 7.65. The highest BCUT2D eigenvalue weighted by Crippen LogP contribution is 2.24. The first-order valence-electron chi connectivity index (χ1n) is 7.65. The number of nitrogens with zero attached hydrogens (tertiary/aromatic N) is 1. The molecule has 1 aliphatic heterocycles. The van der Waals surface area contributed by atoms with Crippen LogP contribution >= 0.6 is 0 Å². The Hall–Kier alpha value is -1.26. The number of aliphatic carboxylic acids is 1. The molecule has 1 aliphatic rings. The lowest BCUT2D eigenvalue weighted by Gasteiger charge is -2.35. The van der Waals surface area contributed by atoms with Gasteiger partial charge >= 0.3 is 12.0 Å². The van der Waals surface area contributed by atoms with Crippen LogP contribution in [0.15, 0.2) is 0 Å². The van der Waals surface area contributed by atoms with Crippen LogP contribution in [0.1, 0.15) is 47.0 Å². The van der Waals surface area contributed by atoms with E-state index in [0.717, 1.165) is 32.4 Å². The first kappa shape index (κ1) is 16.8. The number of piperidine rings is 1. The molecule has 1 fully saturated rings. The summed E-state index contributed by atoms with van der Waals surface area (Å²) in [6.45, 7) is 9.65. The number of carboxylic acid groups (broad SMARTS) is 1. The molecule has 0 aliphatic carbocycles. The van der Waals surface area contributed by atoms with E-state index in [0.29, 0.717) is 11.8 Å². The Balaban J connectivity index is 2.52. The molecule has 5 heteroatoms. The maximum atomic E-state index is 12.2. The van der Waals surface area contributed by atoms with Crippen LogP contribution in [-0.2, 0) is 4.79 Å². The van der Waals surface area contributed by atoms with Gasteiger partial charge in [-0.3, -0.25) is 0 Å². The summed E-state index contributed by atoms with van der Waals surface area (Å²) in [6.07, 6.45) is 2.74. The molecule has 1 saturated heterocycles. The molecular formula is C15H28N2O3. The Morgan fingerprint density at radius 2 is 1.80 bits per heavy atom. The molecule has 0 bridgehead atoms. The Labute approximate surface area is 121 Å². The number of nitrogens with one attached hydrogen (secondary N) is 1. The van der Waals surface area contributed by atoms with Gasteiger partial charge in [0, 0.05) is 13.1 Å². The van der Waals surface area contributed by atoms with E-state index in [1.54, 1.807) is 4.90 Å². The van der Waals surface area contributed by atoms with E-state index < -0.39 is 12.0 Å². The maximum absolute atomic E-state index is 12.2. The highest BCUT2D eigenvalue weighted by molar-refractivity contribution is 5.82. The van der Waals surface area contributed by atoms with Crippen molar-refractivity contribution in [1.29, 1.82) is 0 Å². The number of carbonyl (C=O) groups is 2. The van der Waals surface area contributed by atoms with Gasteiger partial charge in [0.15, 0.2) is 0 Å². The highest BCUT2D eigenvalue weighted by Gasteiger charge is 2.29. The summed E-state index contributed by atoms with van der Waals surface area (Å²) in [6, 6.07) is -1.03. The lowest BCUT2D eigenvalue weighted by atomic mass is 9.87. The molecular weight excluding hydrogens is 256 g/mol. The number of amides is 2. The second kappa shape index (κ2) is 7.50. The van der Waals surface area contributed by atoms with Crippen LogP contribution in [0, 0.1) is 17.8 Å². The van der Waals surface area contributed by atoms with Gasteiger partial charge in [-0.05, 0) is 30.6 Å². The van der Waals surface area contributed by atoms with E-state index in [4.69, 9.17) is 0 Å². The minimum atomic E-state index is -0.954. The van der Waals surface area contributed by atoms with E-state index in [1.807, 2.05) is 13.8 Å². The Morgan fingerprint density at radius 1 is 1.25 bits per heavy atom. The lowest BCUT2D eigenvalue weighted by Crippen LogP contribution is -2.52. The number of carbonyl (C=O) groups excluding carboxylic acids is 1. The van der Waals surface area contributed by atoms with Crippen molar-refractivity contribution < 1.29 is 14.7 Å². The van der Waals surface area contributed by atoms with Gasteiger partial charge in [0.25, 0.3) is 0 Å². The van der Waals surface area contributed by atoms with E-state index in [2.05, 4.69) is 19.2 Å². The SMILES string of the molecule is CC[C@H](C)[C@H](NC(=O)N1CCC(C(C)C)CC1)C(=O)O. The molecule has 1 heterocycles. The summed E-state index contributed by atoms with van der Waals surface area (Å²) < 4.78 is 0. The van der Waals surface area contributed by atoms with Crippen LogP contribution in [0.5, 0.6) is 0 Å². The fourth-order valence-corrected chi connectivity index (χ4v) is 2.68. The number of urea groups is 1. The van der Waals surface area contributed by atoms with Gasteiger partial charge in [0.05, 0.1) is 0 Å². The van der Waals surface area contributed by atoms with Gasteiger partial charge in [-0.2, -0.15) is 0 Å². The monoisotopic (exact) mass is 284 g/mol. The van der Waals surface area contributed by atoms with Crippen molar-refractivity contribution in [2.24, 2.45) is 17.8 Å². The molecule has 1 rings (SSSR count). The van der Waals surface area contributed by atoms with Gasteiger partial charge in [-0.25, -0.2) is 9.59 Å². The summed E-state index contributed by atoms with van der Waals surface area (Å²) in [7, 11) is 0. The predicted octanol–water partition coefficient (Wildman–Crippen LogP) is 2.56. The number of likely N-dealkylation sites (tertiary alicyclic amines) is 1. The van der Waals surface area contributed by atoms with Crippen molar-refractivity contribution in [2.75, 3.05) is 13.1 Å². The van der Waals surface area contributed by atoms with Gasteiger partial charge < -0.3 is 15.3 Å². The van der Waals surface area contributed by atoms with Crippen LogP contribution in [0.2, 0.25) is 0 Å². The van der Waals surface area contributed by atoms with E-state index in [1.165, 1.54) is 0 Å². The minimum absolute atomic E-state index is 0.0651. The first-order chi connectivity index (χ1) is 9.36. The second-order valence-electron chi connectivity index (χ2n) is 6.22. The molecule has 5 nitrogen and oxygen atoms in total. The summed E-state index contributed by atoms with van der Waals surface area (Å²) in [5.74, 6) is 0.297. The Bertz CT molecular complexity index is 336. The minimum Gasteiger partial charge on any atom is -0.480 e. The summed E-state index contributed by atoms with van der Waals surface area (Å²) in [5.41, 5.74) is 0. The topological polar surface area (TPSA) is 69.6 Å². The molecule has 2 N–H and O–H groups in total. The van der Waals surface area contributed by atoms with Gasteiger partial charge in [-0.1, -0.05) is 34.1 Å². The van der Waals surface area contributed by atoms with Crippen molar-refractivity contribution in [3.8, 4) is 0 Å². The number of carboxylic acids is 1. The quantitative estimate of drug-likeness (QED) is 0.815. The number of hydrogen-bond acceptors (Lipinski definition) is 2. The molecule has 2 amide bonds. The molecule has 0 spiro atoms. The molecule has 0 aromatic heterocycles. The van der Waals surface area contributed by atoms with Crippen LogP contribution in [0.3, 0.4) is 0 Å². The zero-order valence-corrected chi connectivity index (χ0v) is 13.1. The van der Waals surface area contributed by atoms with Crippen LogP contribution in [-0.4, -0.2) is 41.1 Å². The zero-order chi connectivity index (χ0) is 15.3. The molecule has 116 valence electrons. The van der Waals surface area contributed by atoms with Crippen LogP contribution in [0.4, 0.5) is 4.79 Å². The predicted molar refractivity (Wildman–Crippen MR) is 78.5 cm³/mol. The zero-order valence-electron chi connectivity index (χ0n) is 13.1. The molecule has 0 radical (unpaired) electrons. The summed E-state index contributed by atoms with van der Waals surface area (Å²) >= 11 is 0. The van der Waals surface area contributed by atoms with E-state index in [-0.39, 0.29) is 11.9 Å². The smallest absolute Gasteiger partial charge is 0.326 e. The standard InChI is InChI=1S/C15H28N2O3/c1-5-11(4)13(14(18)19)16-15(20)17-8-6-12(7-9-17)10(2)3/h10-13H,5-9H2,1-4H3,(H,16,20)(H,18,19)/t11-,13-/m0/s1. The highest BCUT2D eigenvalue weighted by atomic mass is 16.4. The maximum Gasteiger partial charge on any atom is 0.326 e. The number of rotatable bonds is 5. The third-order valence-electron chi connectivity index (χ3n) is 4.53. The Kier molecular flexibility index (Phi) is 6.30. The van der Waals surface area contributed by atoms with Crippen molar-refractivity contribution in [3.63, 3.8) is 0 Å². The van der Waals surface area contributed by atoms with Crippen molar-refractivity contribution in [2.45, 2.75) is 53.0 Å². The van der Waals surface area contributed by atoms with Gasteiger partial charge in [-0.15, -0.1) is 0 Å². The van der Waals surface area contributed by atoms with E-state index in [9.17, 15) is 14.7 Å². The molecule has 0 unspecified atom stereocenters. The van der Waals surface area contributed by atoms with Crippen molar-refractivity contribution in [1.82, 2.24) is 10.2 Å². The molecule has 0 aromatic rings. The molecule has 0 aromatic carbocycles. The van der Waals surface area contributed by atoms with Crippen LogP contribution in [0.25, 0.3) is 0 Å². The third-order valence-corrected chi connectivity index (χ3v) is 4.53. The summed E-state index contributed by atoms with van der Waals surface area (Å²) in [5, 5.41) is 11.9. The average Bonchev–Trinajstić information content (AvgIpc) is 2.43. The molecule has 2 atom stereocenters. The molecule has 20 heavy (non-hydrogen) atoms. The lowest BCUT2D eigenvalue weighted by molar-refractivity contribution is -0.140. The second-order valence-corrected chi connectivity index (χ2v) is 6.22. The Morgan fingerprint density at radius 3 is 2.20 bits per heavy atom.